The number of hydrogen-bond acceptors (Lipinski definition) is 3. The van der Waals surface area contributed by atoms with Gasteiger partial charge in [0, 0.05) is 30.3 Å². The average Bonchev–Trinajstić information content (AvgIpc) is 2.42. The van der Waals surface area contributed by atoms with Crippen LogP contribution in [0.15, 0.2) is 18.2 Å². The summed E-state index contributed by atoms with van der Waals surface area (Å²) in [5.74, 6) is -0.0125. The van der Waals surface area contributed by atoms with Crippen LogP contribution in [0.4, 0.5) is 11.4 Å². The molecule has 2 atom stereocenters. The van der Waals surface area contributed by atoms with Crippen LogP contribution in [0.3, 0.4) is 0 Å². The van der Waals surface area contributed by atoms with Crippen LogP contribution in [0, 0.1) is 12.8 Å². The van der Waals surface area contributed by atoms with E-state index in [1.807, 2.05) is 19.1 Å². The second-order valence-electron chi connectivity index (χ2n) is 5.78. The predicted octanol–water partition coefficient (Wildman–Crippen LogP) is 2.70. The molecule has 0 spiro atoms. The van der Waals surface area contributed by atoms with Gasteiger partial charge < -0.3 is 16.0 Å². The first-order chi connectivity index (χ1) is 9.95. The Morgan fingerprint density at radius 1 is 1.27 bits per heavy atom. The van der Waals surface area contributed by atoms with Crippen molar-refractivity contribution in [2.24, 2.45) is 5.92 Å². The molecule has 1 aliphatic rings. The molecule has 1 aromatic carbocycles. The van der Waals surface area contributed by atoms with Crippen molar-refractivity contribution >= 4 is 35.6 Å². The zero-order valence-corrected chi connectivity index (χ0v) is 14.0. The number of benzene rings is 1. The highest BCUT2D eigenvalue weighted by Gasteiger charge is 2.24. The molecule has 122 valence electrons. The van der Waals surface area contributed by atoms with Crippen molar-refractivity contribution in [3.63, 3.8) is 0 Å². The molecule has 6 heteroatoms. The summed E-state index contributed by atoms with van der Waals surface area (Å²) in [7, 11) is 0. The molecule has 22 heavy (non-hydrogen) atoms. The molecule has 1 saturated heterocycles. The quantitative estimate of drug-likeness (QED) is 0.800. The lowest BCUT2D eigenvalue weighted by Gasteiger charge is -2.27. The minimum Gasteiger partial charge on any atom is -0.326 e. The Balaban J connectivity index is 0.00000242. The number of aryl methyl sites for hydroxylation is 1. The molecule has 1 heterocycles. The van der Waals surface area contributed by atoms with Crippen LogP contribution in [0.2, 0.25) is 0 Å². The molecular weight excluding hydrogens is 302 g/mol. The van der Waals surface area contributed by atoms with E-state index in [0.717, 1.165) is 36.3 Å². The van der Waals surface area contributed by atoms with Crippen LogP contribution in [0.25, 0.3) is 0 Å². The van der Waals surface area contributed by atoms with Gasteiger partial charge in [0.1, 0.15) is 0 Å². The van der Waals surface area contributed by atoms with E-state index in [-0.39, 0.29) is 30.1 Å². The van der Waals surface area contributed by atoms with Crippen molar-refractivity contribution in [2.75, 3.05) is 17.2 Å². The average molecular weight is 326 g/mol. The Labute approximate surface area is 137 Å². The molecule has 0 unspecified atom stereocenters. The fourth-order valence-corrected chi connectivity index (χ4v) is 2.64. The van der Waals surface area contributed by atoms with Crippen molar-refractivity contribution in [3.8, 4) is 0 Å². The van der Waals surface area contributed by atoms with Crippen LogP contribution in [0.5, 0.6) is 0 Å². The zero-order valence-electron chi connectivity index (χ0n) is 13.2. The molecule has 1 aromatic rings. The van der Waals surface area contributed by atoms with E-state index in [4.69, 9.17) is 0 Å². The Morgan fingerprint density at radius 2 is 2.00 bits per heavy atom. The first-order valence-corrected chi connectivity index (χ1v) is 7.38. The first kappa shape index (κ1) is 18.5. The highest BCUT2D eigenvalue weighted by Crippen LogP contribution is 2.23. The van der Waals surface area contributed by atoms with Gasteiger partial charge in [-0.05, 0) is 50.9 Å². The molecule has 0 saturated carbocycles. The SMILES string of the molecule is CC(=O)Nc1cc(NC(=O)[C@H]2CCN[C@@H](C)C2)ccc1C.Cl. The molecule has 0 aliphatic carbocycles. The number of anilines is 2. The lowest BCUT2D eigenvalue weighted by Crippen LogP contribution is -2.40. The molecule has 2 amide bonds. The van der Waals surface area contributed by atoms with E-state index in [1.54, 1.807) is 6.07 Å². The predicted molar refractivity (Wildman–Crippen MR) is 91.5 cm³/mol. The molecule has 5 nitrogen and oxygen atoms in total. The molecule has 3 N–H and O–H groups in total. The Hall–Kier alpha value is -1.59. The Bertz CT molecular complexity index is 548. The van der Waals surface area contributed by atoms with E-state index in [2.05, 4.69) is 22.9 Å². The van der Waals surface area contributed by atoms with E-state index in [1.165, 1.54) is 6.92 Å². The monoisotopic (exact) mass is 325 g/mol. The third-order valence-electron chi connectivity index (χ3n) is 3.81. The van der Waals surface area contributed by atoms with Crippen LogP contribution < -0.4 is 16.0 Å². The van der Waals surface area contributed by atoms with E-state index < -0.39 is 0 Å². The van der Waals surface area contributed by atoms with Crippen molar-refractivity contribution < 1.29 is 9.59 Å². The second-order valence-corrected chi connectivity index (χ2v) is 5.78. The second kappa shape index (κ2) is 8.15. The largest absolute Gasteiger partial charge is 0.326 e. The van der Waals surface area contributed by atoms with Gasteiger partial charge in [-0.2, -0.15) is 0 Å². The Kier molecular flexibility index (Phi) is 6.84. The highest BCUT2D eigenvalue weighted by atomic mass is 35.5. The van der Waals surface area contributed by atoms with Crippen LogP contribution in [-0.2, 0) is 9.59 Å². The summed E-state index contributed by atoms with van der Waals surface area (Å²) in [4.78, 5) is 23.5. The van der Waals surface area contributed by atoms with Gasteiger partial charge in [-0.3, -0.25) is 9.59 Å². The Morgan fingerprint density at radius 3 is 2.64 bits per heavy atom. The van der Waals surface area contributed by atoms with Crippen LogP contribution in [0.1, 0.15) is 32.3 Å². The van der Waals surface area contributed by atoms with E-state index >= 15 is 0 Å². The molecule has 2 rings (SSSR count). The van der Waals surface area contributed by atoms with Crippen molar-refractivity contribution in [3.05, 3.63) is 23.8 Å². The maximum absolute atomic E-state index is 12.3. The van der Waals surface area contributed by atoms with Crippen molar-refractivity contribution in [1.29, 1.82) is 0 Å². The summed E-state index contributed by atoms with van der Waals surface area (Å²) in [6.45, 7) is 6.37. The summed E-state index contributed by atoms with van der Waals surface area (Å²) in [5.41, 5.74) is 2.43. The van der Waals surface area contributed by atoms with Crippen molar-refractivity contribution in [1.82, 2.24) is 5.32 Å². The van der Waals surface area contributed by atoms with Gasteiger partial charge >= 0.3 is 0 Å². The molecule has 0 bridgehead atoms. The first-order valence-electron chi connectivity index (χ1n) is 7.38. The summed E-state index contributed by atoms with van der Waals surface area (Å²) in [5, 5.41) is 9.07. The number of piperidine rings is 1. The summed E-state index contributed by atoms with van der Waals surface area (Å²) >= 11 is 0. The van der Waals surface area contributed by atoms with Crippen LogP contribution >= 0.6 is 12.4 Å². The zero-order chi connectivity index (χ0) is 15.4. The number of amides is 2. The molecule has 1 fully saturated rings. The summed E-state index contributed by atoms with van der Waals surface area (Å²) in [6, 6.07) is 5.94. The molecule has 0 aromatic heterocycles. The van der Waals surface area contributed by atoms with Gasteiger partial charge in [0.2, 0.25) is 11.8 Å². The molecule has 0 radical (unpaired) electrons. The lowest BCUT2D eigenvalue weighted by atomic mass is 9.92. The third-order valence-corrected chi connectivity index (χ3v) is 3.81. The number of carbonyl (C=O) groups excluding carboxylic acids is 2. The van der Waals surface area contributed by atoms with E-state index in [9.17, 15) is 9.59 Å². The fraction of sp³-hybridized carbons (Fsp3) is 0.500. The summed E-state index contributed by atoms with van der Waals surface area (Å²) in [6.07, 6.45) is 1.72. The molecular formula is C16H24ClN3O2. The maximum atomic E-state index is 12.3. The fourth-order valence-electron chi connectivity index (χ4n) is 2.64. The highest BCUT2D eigenvalue weighted by molar-refractivity contribution is 5.95. The standard InChI is InChI=1S/C16H23N3O2.ClH/c1-10-4-5-14(9-15(10)18-12(3)20)19-16(21)13-6-7-17-11(2)8-13;/h4-5,9,11,13,17H,6-8H2,1-3H3,(H,18,20)(H,19,21);1H/t11-,13-;/m0./s1. The number of carbonyl (C=O) groups is 2. The van der Waals surface area contributed by atoms with Crippen LogP contribution in [-0.4, -0.2) is 24.4 Å². The lowest BCUT2D eigenvalue weighted by molar-refractivity contribution is -0.120. The summed E-state index contributed by atoms with van der Waals surface area (Å²) < 4.78 is 0. The minimum absolute atomic E-state index is 0. The smallest absolute Gasteiger partial charge is 0.227 e. The van der Waals surface area contributed by atoms with Gasteiger partial charge in [-0.1, -0.05) is 6.07 Å². The van der Waals surface area contributed by atoms with E-state index in [0.29, 0.717) is 6.04 Å². The van der Waals surface area contributed by atoms with Gasteiger partial charge in [-0.25, -0.2) is 0 Å². The normalized spacial score (nSPS) is 20.7. The van der Waals surface area contributed by atoms with Gasteiger partial charge in [0.05, 0.1) is 0 Å². The van der Waals surface area contributed by atoms with Crippen molar-refractivity contribution in [2.45, 2.75) is 39.7 Å². The third kappa shape index (κ3) is 5.00. The minimum atomic E-state index is -0.117. The maximum Gasteiger partial charge on any atom is 0.227 e. The topological polar surface area (TPSA) is 70.2 Å². The van der Waals surface area contributed by atoms with Gasteiger partial charge in [0.15, 0.2) is 0 Å². The number of halogens is 1. The van der Waals surface area contributed by atoms with Gasteiger partial charge in [-0.15, -0.1) is 12.4 Å². The molecule has 1 aliphatic heterocycles. The number of rotatable bonds is 3. The number of hydrogen-bond donors (Lipinski definition) is 3. The number of nitrogens with one attached hydrogen (secondary N) is 3. The van der Waals surface area contributed by atoms with Gasteiger partial charge in [0.25, 0.3) is 0 Å².